The minimum Gasteiger partial charge on any atom is -0.345 e. The van der Waals surface area contributed by atoms with Gasteiger partial charge in [0, 0.05) is 26.2 Å². The topological polar surface area (TPSA) is 30.8 Å². The first-order valence-electron chi connectivity index (χ1n) is 7.20. The lowest BCUT2D eigenvalue weighted by Gasteiger charge is -2.28. The van der Waals surface area contributed by atoms with E-state index in [-0.39, 0.29) is 0 Å². The number of hydrogen-bond donors (Lipinski definition) is 0. The lowest BCUT2D eigenvalue weighted by molar-refractivity contribution is -0.177. The molecule has 0 radical (unpaired) electrons. The van der Waals surface area contributed by atoms with Gasteiger partial charge in [0.15, 0.2) is 0 Å². The van der Waals surface area contributed by atoms with E-state index >= 15 is 0 Å². The molecule has 0 aliphatic heterocycles. The van der Waals surface area contributed by atoms with E-state index in [4.69, 9.17) is 9.47 Å². The van der Waals surface area contributed by atoms with Gasteiger partial charge in [0.05, 0.1) is 6.21 Å². The molecule has 0 atom stereocenters. The van der Waals surface area contributed by atoms with E-state index < -0.39 is 5.79 Å². The first-order chi connectivity index (χ1) is 9.76. The Morgan fingerprint density at radius 2 is 1.80 bits per heavy atom. The zero-order valence-electron chi connectivity index (χ0n) is 12.5. The maximum Gasteiger partial charge on any atom is 0.208 e. The van der Waals surface area contributed by atoms with Crippen LogP contribution in [0.25, 0.3) is 0 Å². The predicted octanol–water partition coefficient (Wildman–Crippen LogP) is 3.65. The van der Waals surface area contributed by atoms with Crippen molar-refractivity contribution in [1.29, 1.82) is 0 Å². The molecule has 0 aliphatic carbocycles. The van der Waals surface area contributed by atoms with Crippen LogP contribution in [0.15, 0.2) is 48.0 Å². The zero-order chi connectivity index (χ0) is 14.7. The van der Waals surface area contributed by atoms with Gasteiger partial charge in [0.25, 0.3) is 0 Å². The maximum atomic E-state index is 5.72. The van der Waals surface area contributed by atoms with Crippen LogP contribution in [-0.4, -0.2) is 31.8 Å². The van der Waals surface area contributed by atoms with Crippen LogP contribution in [0.5, 0.6) is 0 Å². The summed E-state index contributed by atoms with van der Waals surface area (Å²) in [5, 5.41) is 0. The average Bonchev–Trinajstić information content (AvgIpc) is 2.46. The molecule has 110 valence electrons. The summed E-state index contributed by atoms with van der Waals surface area (Å²) < 4.78 is 11.4. The van der Waals surface area contributed by atoms with Crippen molar-refractivity contribution in [3.8, 4) is 0 Å². The van der Waals surface area contributed by atoms with Crippen molar-refractivity contribution in [3.05, 3.63) is 48.6 Å². The van der Waals surface area contributed by atoms with Crippen LogP contribution < -0.4 is 0 Å². The third-order valence-corrected chi connectivity index (χ3v) is 2.87. The molecule has 3 nitrogen and oxygen atoms in total. The molecule has 1 aromatic carbocycles. The second-order valence-electron chi connectivity index (χ2n) is 4.44. The van der Waals surface area contributed by atoms with Crippen molar-refractivity contribution in [2.24, 2.45) is 4.99 Å². The molecule has 0 unspecified atom stereocenters. The highest BCUT2D eigenvalue weighted by molar-refractivity contribution is 5.67. The van der Waals surface area contributed by atoms with Crippen molar-refractivity contribution < 1.29 is 9.47 Å². The Morgan fingerprint density at radius 1 is 1.15 bits per heavy atom. The maximum absolute atomic E-state index is 5.72. The number of hydrogen-bond acceptors (Lipinski definition) is 3. The lowest BCUT2D eigenvalue weighted by Crippen LogP contribution is -2.37. The van der Waals surface area contributed by atoms with Gasteiger partial charge in [0.1, 0.15) is 0 Å². The summed E-state index contributed by atoms with van der Waals surface area (Å²) >= 11 is 0. The van der Waals surface area contributed by atoms with Crippen LogP contribution in [0.1, 0.15) is 25.8 Å². The molecule has 0 N–H and O–H groups in total. The number of aliphatic imine (C=N–C) groups is 1. The molecule has 3 heteroatoms. The fraction of sp³-hybridized carbons (Fsp3) is 0.471. The van der Waals surface area contributed by atoms with E-state index in [0.717, 1.165) is 13.0 Å². The van der Waals surface area contributed by atoms with E-state index in [9.17, 15) is 0 Å². The Morgan fingerprint density at radius 3 is 2.35 bits per heavy atom. The fourth-order valence-corrected chi connectivity index (χ4v) is 2.02. The van der Waals surface area contributed by atoms with Crippen LogP contribution in [0, 0.1) is 0 Å². The highest BCUT2D eigenvalue weighted by atomic mass is 16.7. The third-order valence-electron chi connectivity index (χ3n) is 2.87. The normalized spacial score (nSPS) is 11.9. The van der Waals surface area contributed by atoms with Crippen LogP contribution >= 0.6 is 0 Å². The Balaban J connectivity index is 2.58. The Hall–Kier alpha value is -1.45. The van der Waals surface area contributed by atoms with Gasteiger partial charge in [-0.05, 0) is 25.8 Å². The summed E-state index contributed by atoms with van der Waals surface area (Å²) in [6.45, 7) is 9.56. The monoisotopic (exact) mass is 275 g/mol. The summed E-state index contributed by atoms with van der Waals surface area (Å²) in [5.74, 6) is -0.762. The molecular formula is C17H25NO2. The molecule has 1 rings (SSSR count). The second kappa shape index (κ2) is 9.45. The molecule has 0 bridgehead atoms. The lowest BCUT2D eigenvalue weighted by atomic mass is 10.1. The van der Waals surface area contributed by atoms with Gasteiger partial charge in [-0.3, -0.25) is 4.99 Å². The Labute approximate surface area is 122 Å². The molecule has 0 saturated carbocycles. The van der Waals surface area contributed by atoms with Crippen molar-refractivity contribution in [2.45, 2.75) is 32.5 Å². The molecule has 0 amide bonds. The number of benzene rings is 1. The van der Waals surface area contributed by atoms with E-state index in [2.05, 4.69) is 23.7 Å². The zero-order valence-corrected chi connectivity index (χ0v) is 12.5. The summed E-state index contributed by atoms with van der Waals surface area (Å²) in [4.78, 5) is 4.47. The van der Waals surface area contributed by atoms with Crippen molar-refractivity contribution in [3.63, 3.8) is 0 Å². The predicted molar refractivity (Wildman–Crippen MR) is 84.3 cm³/mol. The molecule has 0 heterocycles. The van der Waals surface area contributed by atoms with Gasteiger partial charge >= 0.3 is 0 Å². The summed E-state index contributed by atoms with van der Waals surface area (Å²) in [6, 6.07) is 10.3. The molecule has 0 spiro atoms. The van der Waals surface area contributed by atoms with Crippen molar-refractivity contribution >= 4 is 6.21 Å². The van der Waals surface area contributed by atoms with Gasteiger partial charge in [-0.15, -0.1) is 6.58 Å². The summed E-state index contributed by atoms with van der Waals surface area (Å²) in [7, 11) is 0. The van der Waals surface area contributed by atoms with Gasteiger partial charge in [-0.25, -0.2) is 0 Å². The number of nitrogens with zero attached hydrogens (tertiary/aromatic N) is 1. The Bertz CT molecular complexity index is 395. The summed E-state index contributed by atoms with van der Waals surface area (Å²) in [6.07, 6.45) is 5.10. The first-order valence-corrected chi connectivity index (χ1v) is 7.20. The van der Waals surface area contributed by atoms with Crippen molar-refractivity contribution in [1.82, 2.24) is 0 Å². The third kappa shape index (κ3) is 5.68. The first kappa shape index (κ1) is 16.6. The quantitative estimate of drug-likeness (QED) is 0.371. The Kier molecular flexibility index (Phi) is 7.85. The molecule has 0 aliphatic rings. The van der Waals surface area contributed by atoms with E-state index in [1.165, 1.54) is 5.56 Å². The molecule has 1 aromatic rings. The number of rotatable bonds is 10. The van der Waals surface area contributed by atoms with E-state index in [1.54, 1.807) is 12.3 Å². The largest absolute Gasteiger partial charge is 0.345 e. The van der Waals surface area contributed by atoms with Crippen LogP contribution in [0.2, 0.25) is 0 Å². The average molecular weight is 275 g/mol. The van der Waals surface area contributed by atoms with Gasteiger partial charge < -0.3 is 9.47 Å². The SMILES string of the molecule is C=CCC(C=NCCc1ccccc1)(OCC)OCC. The molecule has 0 saturated heterocycles. The van der Waals surface area contributed by atoms with Crippen LogP contribution in [0.3, 0.4) is 0 Å². The highest BCUT2D eigenvalue weighted by Gasteiger charge is 2.27. The molecule has 0 fully saturated rings. The van der Waals surface area contributed by atoms with Gasteiger partial charge in [0.2, 0.25) is 5.79 Å². The minimum absolute atomic E-state index is 0.582. The molecular weight excluding hydrogens is 250 g/mol. The minimum atomic E-state index is -0.762. The summed E-state index contributed by atoms with van der Waals surface area (Å²) in [5.41, 5.74) is 1.28. The fourth-order valence-electron chi connectivity index (χ4n) is 2.02. The van der Waals surface area contributed by atoms with Crippen LogP contribution in [-0.2, 0) is 15.9 Å². The van der Waals surface area contributed by atoms with Gasteiger partial charge in [-0.1, -0.05) is 36.4 Å². The number of ether oxygens (including phenoxy) is 2. The van der Waals surface area contributed by atoms with Gasteiger partial charge in [-0.2, -0.15) is 0 Å². The van der Waals surface area contributed by atoms with E-state index in [0.29, 0.717) is 19.6 Å². The van der Waals surface area contributed by atoms with Crippen molar-refractivity contribution in [2.75, 3.05) is 19.8 Å². The van der Waals surface area contributed by atoms with Crippen LogP contribution in [0.4, 0.5) is 0 Å². The second-order valence-corrected chi connectivity index (χ2v) is 4.44. The molecule has 20 heavy (non-hydrogen) atoms. The highest BCUT2D eigenvalue weighted by Crippen LogP contribution is 2.16. The smallest absolute Gasteiger partial charge is 0.208 e. The van der Waals surface area contributed by atoms with E-state index in [1.807, 2.05) is 32.0 Å². The molecule has 0 aromatic heterocycles. The standard InChI is InChI=1S/C17H25NO2/c1-4-13-17(19-5-2,20-6-3)15-18-14-12-16-10-8-7-9-11-16/h4,7-11,15H,1,5-6,12-14H2,2-3H3.